The number of aldehydes is 1. The summed E-state index contributed by atoms with van der Waals surface area (Å²) >= 11 is 0. The Hall–Kier alpha value is -5.22. The zero-order valence-electron chi connectivity index (χ0n) is 36.6. The molecule has 2 aromatic carbocycles. The molecule has 6 rings (SSSR count). The molecule has 356 valence electrons. The van der Waals surface area contributed by atoms with Crippen molar-refractivity contribution < 1.29 is 74.6 Å². The maximum Gasteiger partial charge on any atom is 0.338 e. The number of fused-ring (bicyclic) bond motifs is 2. The van der Waals surface area contributed by atoms with Gasteiger partial charge in [0.15, 0.2) is 0 Å². The van der Waals surface area contributed by atoms with E-state index in [1.54, 1.807) is 68.2 Å². The molecule has 2 aromatic rings. The van der Waals surface area contributed by atoms with Crippen LogP contribution in [0.3, 0.4) is 0 Å². The van der Waals surface area contributed by atoms with E-state index in [1.165, 1.54) is 13.2 Å². The van der Waals surface area contributed by atoms with Gasteiger partial charge in [0.05, 0.1) is 36.0 Å². The number of carbonyl (C=O) groups excluding carboxylic acids is 7. The second kappa shape index (κ2) is 26.1. The molecule has 0 N–H and O–H groups in total. The molecule has 2 aliphatic carbocycles. The third-order valence-corrected chi connectivity index (χ3v) is 12.8. The highest BCUT2D eigenvalue weighted by Crippen LogP contribution is 2.44. The summed E-state index contributed by atoms with van der Waals surface area (Å²) in [4.78, 5) is 95.6. The maximum absolute atomic E-state index is 14.0. The Morgan fingerprint density at radius 3 is 1.58 bits per heavy atom. The van der Waals surface area contributed by atoms with Gasteiger partial charge in [-0.1, -0.05) is 69.2 Å². The SMILES string of the molecule is CCCCC(F)(F)C(=O)/C=C/[C@H]1C(OC(=O)c2ccccc2)CC2OC(=O)CC21.CCCCC(F)(F)C(=O)CP(C)OC.O=C[C@H]1C(OC(=O)c2ccccc2)CC2OC(=O)CC21.O=O. The van der Waals surface area contributed by atoms with E-state index in [0.717, 1.165) is 12.4 Å². The van der Waals surface area contributed by atoms with Crippen LogP contribution in [0.2, 0.25) is 0 Å². The topological polar surface area (TPSA) is 200 Å². The zero-order valence-corrected chi connectivity index (χ0v) is 37.5. The quantitative estimate of drug-likeness (QED) is 0.0344. The van der Waals surface area contributed by atoms with Crippen molar-refractivity contribution in [3.05, 3.63) is 93.9 Å². The van der Waals surface area contributed by atoms with Crippen LogP contribution in [0.15, 0.2) is 72.8 Å². The second-order valence-corrected chi connectivity index (χ2v) is 17.8. The molecule has 2 saturated carbocycles. The number of alkyl halides is 4. The normalized spacial score (nSPS) is 24.6. The molecular formula is C46H55F4O14P. The minimum Gasteiger partial charge on any atom is -0.462 e. The van der Waals surface area contributed by atoms with Crippen molar-refractivity contribution in [3.8, 4) is 0 Å². The van der Waals surface area contributed by atoms with Gasteiger partial charge in [0.25, 0.3) is 0 Å². The molecule has 14 nitrogen and oxygen atoms in total. The number of unbranched alkanes of at least 4 members (excludes halogenated alkanes) is 2. The van der Waals surface area contributed by atoms with E-state index in [4.69, 9.17) is 33.4 Å². The first-order chi connectivity index (χ1) is 30.9. The van der Waals surface area contributed by atoms with Crippen molar-refractivity contribution >= 4 is 49.9 Å². The van der Waals surface area contributed by atoms with Gasteiger partial charge in [-0.05, 0) is 49.8 Å². The molecule has 4 fully saturated rings. The van der Waals surface area contributed by atoms with Crippen LogP contribution in [0.5, 0.6) is 0 Å². The van der Waals surface area contributed by atoms with Gasteiger partial charge < -0.3 is 28.3 Å². The average molecular weight is 939 g/mol. The maximum atomic E-state index is 14.0. The first-order valence-corrected chi connectivity index (χ1v) is 23.1. The number of esters is 4. The second-order valence-electron chi connectivity index (χ2n) is 15.9. The summed E-state index contributed by atoms with van der Waals surface area (Å²) in [6.45, 7) is 5.27. The lowest BCUT2D eigenvalue weighted by Crippen LogP contribution is -2.30. The summed E-state index contributed by atoms with van der Waals surface area (Å²) in [7, 11) is 0.407. The van der Waals surface area contributed by atoms with E-state index in [9.17, 15) is 51.1 Å². The Bertz CT molecular complexity index is 1930. The molecule has 0 amide bonds. The van der Waals surface area contributed by atoms with Gasteiger partial charge in [-0.15, -0.1) is 0 Å². The lowest BCUT2D eigenvalue weighted by molar-refractivity contribution is -0.143. The molecule has 2 saturated heterocycles. The van der Waals surface area contributed by atoms with Crippen LogP contribution in [0, 0.1) is 33.6 Å². The van der Waals surface area contributed by atoms with Crippen molar-refractivity contribution in [2.45, 2.75) is 114 Å². The molecule has 0 bridgehead atoms. The van der Waals surface area contributed by atoms with Crippen LogP contribution >= 0.6 is 8.15 Å². The van der Waals surface area contributed by atoms with E-state index in [1.807, 2.05) is 13.0 Å². The number of carbonyl (C=O) groups is 7. The van der Waals surface area contributed by atoms with Crippen molar-refractivity contribution in [1.29, 1.82) is 0 Å². The number of benzene rings is 2. The summed E-state index contributed by atoms with van der Waals surface area (Å²) in [5.74, 6) is -11.9. The number of hydrogen-bond acceptors (Lipinski definition) is 14. The number of rotatable bonds is 18. The van der Waals surface area contributed by atoms with E-state index >= 15 is 0 Å². The molecule has 7 unspecified atom stereocenters. The van der Waals surface area contributed by atoms with Crippen molar-refractivity contribution in [2.24, 2.45) is 23.7 Å². The number of ether oxygens (including phenoxy) is 4. The summed E-state index contributed by atoms with van der Waals surface area (Å²) in [5.41, 5.74) is 0.817. The van der Waals surface area contributed by atoms with E-state index in [-0.39, 0.29) is 68.1 Å². The summed E-state index contributed by atoms with van der Waals surface area (Å²) < 4.78 is 80.4. The minimum atomic E-state index is -3.43. The van der Waals surface area contributed by atoms with Crippen LogP contribution in [-0.4, -0.2) is 97.9 Å². The molecule has 2 aliphatic heterocycles. The van der Waals surface area contributed by atoms with Crippen LogP contribution in [0.4, 0.5) is 17.6 Å². The van der Waals surface area contributed by atoms with Gasteiger partial charge in [0, 0.05) is 68.6 Å². The fourth-order valence-corrected chi connectivity index (χ4v) is 8.59. The van der Waals surface area contributed by atoms with Crippen LogP contribution in [0.1, 0.15) is 98.8 Å². The first kappa shape index (κ1) is 54.1. The smallest absolute Gasteiger partial charge is 0.338 e. The fraction of sp³-hybridized carbons (Fsp3) is 0.543. The third-order valence-electron chi connectivity index (χ3n) is 11.4. The molecule has 65 heavy (non-hydrogen) atoms. The monoisotopic (exact) mass is 938 g/mol. The standard InChI is InChI=1S/C22H24F2O5.C15H14O5.C9H17F2O2P.O2/c1-2-3-11-22(23,24)19(25)10-9-15-16-12-20(26)28-18(16)13-17(15)29-21(27)14-7-5-4-6-8-14;16-8-11-10-6-14(17)19-12(10)7-13(11)20-15(18)9-4-2-1-3-5-9;1-4-5-6-9(10,11)8(12)7-14(3)13-2;1-2/h4-10,15-18H,2-3,11-13H2,1H3;1-5,8,10-13H,6-7H2;4-7H2,1-3H3;/b10-9+;;;/t15-,16?,17?,18?;10?,11-,12?,13?;;/m11../s1. The van der Waals surface area contributed by atoms with Gasteiger partial charge >= 0.3 is 35.7 Å². The Labute approximate surface area is 375 Å². The average Bonchev–Trinajstić information content (AvgIpc) is 4.03. The fourth-order valence-electron chi connectivity index (χ4n) is 7.82. The number of Topliss-reactive ketones (excluding diaryl/α,β-unsaturated/α-hetero) is 1. The molecule has 0 aromatic heterocycles. The Kier molecular flexibility index (Phi) is 21.7. The molecule has 2 heterocycles. The zero-order chi connectivity index (χ0) is 48.3. The molecular weight excluding hydrogens is 883 g/mol. The largest absolute Gasteiger partial charge is 0.462 e. The van der Waals surface area contributed by atoms with E-state index in [2.05, 4.69) is 0 Å². The number of ketones is 2. The van der Waals surface area contributed by atoms with Gasteiger partial charge in [-0.3, -0.25) is 19.2 Å². The molecule has 19 heteroatoms. The molecule has 0 spiro atoms. The van der Waals surface area contributed by atoms with Crippen molar-refractivity contribution in [2.75, 3.05) is 19.9 Å². The number of halogens is 4. The molecule has 9 atom stereocenters. The Morgan fingerprint density at radius 2 is 1.15 bits per heavy atom. The van der Waals surface area contributed by atoms with E-state index < -0.39 is 80.1 Å². The number of hydrogen-bond donors (Lipinski definition) is 0. The summed E-state index contributed by atoms with van der Waals surface area (Å²) in [6.07, 6.45) is 3.00. The van der Waals surface area contributed by atoms with Crippen molar-refractivity contribution in [1.82, 2.24) is 0 Å². The number of allylic oxidation sites excluding steroid dienone is 1. The van der Waals surface area contributed by atoms with E-state index in [0.29, 0.717) is 36.8 Å². The highest BCUT2D eigenvalue weighted by molar-refractivity contribution is 7.52. The van der Waals surface area contributed by atoms with Crippen LogP contribution in [-0.2, 0) is 47.4 Å². The predicted octanol–water partition coefficient (Wildman–Crippen LogP) is 8.60. The Balaban J connectivity index is 0.000000271. The Morgan fingerprint density at radius 1 is 0.723 bits per heavy atom. The highest BCUT2D eigenvalue weighted by atomic mass is 31.1. The van der Waals surface area contributed by atoms with Crippen molar-refractivity contribution in [3.63, 3.8) is 0 Å². The summed E-state index contributed by atoms with van der Waals surface area (Å²) in [5, 5.41) is 0. The first-order valence-electron chi connectivity index (χ1n) is 21.2. The minimum absolute atomic E-state index is 0.111. The van der Waals surface area contributed by atoms with Gasteiger partial charge in [0.1, 0.15) is 30.7 Å². The highest BCUT2D eigenvalue weighted by Gasteiger charge is 2.52. The lowest BCUT2D eigenvalue weighted by atomic mass is 9.91. The van der Waals surface area contributed by atoms with Crippen LogP contribution in [0.25, 0.3) is 0 Å². The third kappa shape index (κ3) is 15.7. The van der Waals surface area contributed by atoms with Gasteiger partial charge in [0.2, 0.25) is 11.6 Å². The lowest BCUT2D eigenvalue weighted by Gasteiger charge is -2.20. The van der Waals surface area contributed by atoms with Gasteiger partial charge in [-0.2, -0.15) is 17.6 Å². The predicted molar refractivity (Wildman–Crippen MR) is 229 cm³/mol. The van der Waals surface area contributed by atoms with Crippen LogP contribution < -0.4 is 0 Å². The van der Waals surface area contributed by atoms with Gasteiger partial charge in [-0.25, -0.2) is 9.59 Å². The molecule has 4 aliphatic rings. The molecule has 0 radical (unpaired) electrons. The summed E-state index contributed by atoms with van der Waals surface area (Å²) in [6, 6.07) is 17.0.